The molecule has 0 aromatic heterocycles. The van der Waals surface area contributed by atoms with Crippen LogP contribution in [0, 0.1) is 0 Å². The van der Waals surface area contributed by atoms with E-state index in [-0.39, 0.29) is 23.7 Å². The zero-order valence-corrected chi connectivity index (χ0v) is 17.1. The molecule has 1 saturated heterocycles. The molecule has 1 saturated carbocycles. The van der Waals surface area contributed by atoms with Crippen LogP contribution in [0.1, 0.15) is 54.9 Å². The van der Waals surface area contributed by atoms with E-state index in [2.05, 4.69) is 10.2 Å². The van der Waals surface area contributed by atoms with Crippen molar-refractivity contribution in [1.29, 1.82) is 0 Å². The van der Waals surface area contributed by atoms with Gasteiger partial charge in [0.05, 0.1) is 26.7 Å². The number of hydrogen-bond acceptors (Lipinski definition) is 5. The predicted octanol–water partition coefficient (Wildman–Crippen LogP) is 2.59. The maximum atomic E-state index is 12.7. The molecule has 0 radical (unpaired) electrons. The second kappa shape index (κ2) is 9.52. The number of rotatable bonds is 7. The van der Waals surface area contributed by atoms with Crippen molar-refractivity contribution in [2.45, 2.75) is 51.0 Å². The number of nitrogens with one attached hydrogen (secondary N) is 1. The Morgan fingerprint density at radius 3 is 2.54 bits per heavy atom. The molecule has 0 unspecified atom stereocenters. The summed E-state index contributed by atoms with van der Waals surface area (Å²) in [6.45, 7) is 5.60. The molecule has 154 valence electrons. The molecule has 6 nitrogen and oxygen atoms in total. The number of morpholine rings is 1. The van der Waals surface area contributed by atoms with Crippen LogP contribution in [0.5, 0.6) is 5.75 Å². The monoisotopic (exact) mass is 388 g/mol. The van der Waals surface area contributed by atoms with Crippen LogP contribution in [0.4, 0.5) is 0 Å². The van der Waals surface area contributed by atoms with Gasteiger partial charge in [-0.25, -0.2) is 0 Å². The summed E-state index contributed by atoms with van der Waals surface area (Å²) in [5.74, 6) is 0.593. The molecule has 2 aliphatic rings. The van der Waals surface area contributed by atoms with Gasteiger partial charge >= 0.3 is 0 Å². The molecule has 0 spiro atoms. The van der Waals surface area contributed by atoms with Crippen molar-refractivity contribution in [3.63, 3.8) is 0 Å². The van der Waals surface area contributed by atoms with E-state index < -0.39 is 0 Å². The molecule has 1 amide bonds. The third kappa shape index (κ3) is 4.92. The molecule has 0 bridgehead atoms. The first-order valence-electron chi connectivity index (χ1n) is 10.3. The van der Waals surface area contributed by atoms with Crippen LogP contribution in [0.2, 0.25) is 0 Å². The smallest absolute Gasteiger partial charge is 0.224 e. The lowest BCUT2D eigenvalue weighted by molar-refractivity contribution is -0.121. The molecule has 1 aromatic rings. The standard InChI is InChI=1S/C22H32N2O4/c1-17(25)18-6-7-20(27-2)19(14-18)15-21(26)23-16-22(8-4-3-5-9-22)24-10-12-28-13-11-24/h6-7,14H,3-5,8-13,15-16H2,1-2H3,(H,23,26). The lowest BCUT2D eigenvalue weighted by Crippen LogP contribution is -2.59. The number of hydrogen-bond donors (Lipinski definition) is 1. The molecule has 1 aromatic carbocycles. The summed E-state index contributed by atoms with van der Waals surface area (Å²) in [7, 11) is 1.58. The number of carbonyl (C=O) groups is 2. The Hall–Kier alpha value is -1.92. The molecule has 1 aliphatic heterocycles. The van der Waals surface area contributed by atoms with Crippen molar-refractivity contribution in [3.05, 3.63) is 29.3 Å². The Balaban J connectivity index is 1.66. The predicted molar refractivity (Wildman–Crippen MR) is 108 cm³/mol. The van der Waals surface area contributed by atoms with E-state index in [1.54, 1.807) is 25.3 Å². The fraction of sp³-hybridized carbons (Fsp3) is 0.636. The van der Waals surface area contributed by atoms with Crippen molar-refractivity contribution in [2.24, 2.45) is 0 Å². The second-order valence-electron chi connectivity index (χ2n) is 7.92. The minimum atomic E-state index is -0.0304. The van der Waals surface area contributed by atoms with Crippen LogP contribution in [-0.2, 0) is 16.0 Å². The minimum Gasteiger partial charge on any atom is -0.496 e. The van der Waals surface area contributed by atoms with Crippen LogP contribution in [0.3, 0.4) is 0 Å². The van der Waals surface area contributed by atoms with E-state index in [4.69, 9.17) is 9.47 Å². The molecule has 1 N–H and O–H groups in total. The maximum absolute atomic E-state index is 12.7. The molecule has 3 rings (SSSR count). The number of ether oxygens (including phenoxy) is 2. The fourth-order valence-corrected chi connectivity index (χ4v) is 4.49. The molecule has 1 aliphatic carbocycles. The quantitative estimate of drug-likeness (QED) is 0.727. The van der Waals surface area contributed by atoms with Gasteiger partial charge in [-0.15, -0.1) is 0 Å². The average molecular weight is 389 g/mol. The second-order valence-corrected chi connectivity index (χ2v) is 7.92. The highest BCUT2D eigenvalue weighted by Crippen LogP contribution is 2.34. The number of ketones is 1. The van der Waals surface area contributed by atoms with Gasteiger partial charge in [0.25, 0.3) is 0 Å². The maximum Gasteiger partial charge on any atom is 0.224 e. The Kier molecular flexibility index (Phi) is 7.08. The van der Waals surface area contributed by atoms with Crippen LogP contribution in [0.15, 0.2) is 18.2 Å². The lowest BCUT2D eigenvalue weighted by atomic mass is 9.79. The largest absolute Gasteiger partial charge is 0.496 e. The molecule has 0 atom stereocenters. The van der Waals surface area contributed by atoms with Crippen LogP contribution in [-0.4, -0.2) is 62.1 Å². The van der Waals surface area contributed by atoms with Crippen molar-refractivity contribution in [2.75, 3.05) is 40.0 Å². The van der Waals surface area contributed by atoms with Gasteiger partial charge in [-0.1, -0.05) is 19.3 Å². The SMILES string of the molecule is COc1ccc(C(C)=O)cc1CC(=O)NCC1(N2CCOCC2)CCCCC1. The first-order valence-corrected chi connectivity index (χ1v) is 10.3. The summed E-state index contributed by atoms with van der Waals surface area (Å²) in [6, 6.07) is 5.26. The first kappa shape index (κ1) is 20.8. The number of benzene rings is 1. The Bertz CT molecular complexity index is 692. The number of Topliss-reactive ketones (excluding diaryl/α,β-unsaturated/α-hetero) is 1. The van der Waals surface area contributed by atoms with E-state index >= 15 is 0 Å². The Morgan fingerprint density at radius 2 is 1.89 bits per heavy atom. The summed E-state index contributed by atoms with van der Waals surface area (Å²) >= 11 is 0. The van der Waals surface area contributed by atoms with E-state index in [9.17, 15) is 9.59 Å². The molecule has 6 heteroatoms. The first-order chi connectivity index (χ1) is 13.5. The van der Waals surface area contributed by atoms with Gasteiger partial charge in [0.1, 0.15) is 5.75 Å². The van der Waals surface area contributed by atoms with Crippen LogP contribution < -0.4 is 10.1 Å². The van der Waals surface area contributed by atoms with Crippen LogP contribution >= 0.6 is 0 Å². The topological polar surface area (TPSA) is 67.9 Å². The highest BCUT2D eigenvalue weighted by atomic mass is 16.5. The molecular formula is C22H32N2O4. The molecule has 28 heavy (non-hydrogen) atoms. The van der Waals surface area contributed by atoms with Crippen molar-refractivity contribution < 1.29 is 19.1 Å². The van der Waals surface area contributed by atoms with Crippen molar-refractivity contribution in [1.82, 2.24) is 10.2 Å². The number of nitrogens with zero attached hydrogens (tertiary/aromatic N) is 1. The zero-order valence-electron chi connectivity index (χ0n) is 17.1. The van der Waals surface area contributed by atoms with E-state index in [0.717, 1.165) is 44.7 Å². The van der Waals surface area contributed by atoms with Gasteiger partial charge in [-0.3, -0.25) is 14.5 Å². The van der Waals surface area contributed by atoms with Gasteiger partial charge in [0.2, 0.25) is 5.91 Å². The van der Waals surface area contributed by atoms with Crippen molar-refractivity contribution >= 4 is 11.7 Å². The van der Waals surface area contributed by atoms with Gasteiger partial charge in [-0.05, 0) is 38.0 Å². The summed E-state index contributed by atoms with van der Waals surface area (Å²) in [5, 5.41) is 3.18. The van der Waals surface area contributed by atoms with E-state index in [1.165, 1.54) is 26.2 Å². The van der Waals surface area contributed by atoms with E-state index in [1.807, 2.05) is 0 Å². The fourth-order valence-electron chi connectivity index (χ4n) is 4.49. The highest BCUT2D eigenvalue weighted by molar-refractivity contribution is 5.94. The Labute approximate surface area is 167 Å². The highest BCUT2D eigenvalue weighted by Gasteiger charge is 2.38. The third-order valence-corrected chi connectivity index (χ3v) is 6.12. The number of carbonyl (C=O) groups excluding carboxylic acids is 2. The average Bonchev–Trinajstić information content (AvgIpc) is 2.73. The van der Waals surface area contributed by atoms with E-state index in [0.29, 0.717) is 17.9 Å². The van der Waals surface area contributed by atoms with Gasteiger partial charge in [0.15, 0.2) is 5.78 Å². The zero-order chi connectivity index (χ0) is 20.0. The lowest BCUT2D eigenvalue weighted by Gasteiger charge is -2.48. The van der Waals surface area contributed by atoms with Crippen LogP contribution in [0.25, 0.3) is 0 Å². The summed E-state index contributed by atoms with van der Waals surface area (Å²) in [5.41, 5.74) is 1.39. The van der Waals surface area contributed by atoms with Crippen molar-refractivity contribution in [3.8, 4) is 5.75 Å². The summed E-state index contributed by atoms with van der Waals surface area (Å²) in [6.07, 6.45) is 6.15. The van der Waals surface area contributed by atoms with Gasteiger partial charge in [0, 0.05) is 36.3 Å². The van der Waals surface area contributed by atoms with Gasteiger partial charge < -0.3 is 14.8 Å². The Morgan fingerprint density at radius 1 is 1.18 bits per heavy atom. The molecular weight excluding hydrogens is 356 g/mol. The normalized spacial score (nSPS) is 19.8. The molecule has 1 heterocycles. The summed E-state index contributed by atoms with van der Waals surface area (Å²) < 4.78 is 10.9. The minimum absolute atomic E-state index is 0.0159. The van der Waals surface area contributed by atoms with Gasteiger partial charge in [-0.2, -0.15) is 0 Å². The molecule has 2 fully saturated rings. The number of methoxy groups -OCH3 is 1. The third-order valence-electron chi connectivity index (χ3n) is 6.12. The number of amides is 1. The summed E-state index contributed by atoms with van der Waals surface area (Å²) in [4.78, 5) is 26.9.